The number of aryl methyl sites for hydroxylation is 2. The quantitative estimate of drug-likeness (QED) is 0.726. The van der Waals surface area contributed by atoms with E-state index in [-0.39, 0.29) is 18.7 Å². The lowest BCUT2D eigenvalue weighted by atomic mass is 9.92. The normalized spacial score (nSPS) is 20.0. The lowest BCUT2D eigenvalue weighted by molar-refractivity contribution is -0.132. The Balaban J connectivity index is 1.69. The predicted molar refractivity (Wildman–Crippen MR) is 101 cm³/mol. The summed E-state index contributed by atoms with van der Waals surface area (Å²) in [5.41, 5.74) is 0.442. The van der Waals surface area contributed by atoms with Gasteiger partial charge in [-0.2, -0.15) is 0 Å². The average Bonchev–Trinajstić information content (AvgIpc) is 2.88. The molecular formula is C21H22F2N2O4. The Morgan fingerprint density at radius 3 is 2.55 bits per heavy atom. The smallest absolute Gasteiger partial charge is 0.325 e. The number of hydrogen-bond acceptors (Lipinski definition) is 4. The Bertz CT molecular complexity index is 966. The number of nitrogens with one attached hydrogen (secondary N) is 1. The number of urea groups is 1. The SMILES string of the molecule is Cc1ccc(C)c(OC[C@@H](O)CN2C(=O)N[C@](C)(c3ccc(F)c(F)c3)C2=O)c1. The second kappa shape index (κ2) is 7.79. The van der Waals surface area contributed by atoms with Gasteiger partial charge in [-0.3, -0.25) is 9.69 Å². The van der Waals surface area contributed by atoms with Gasteiger partial charge in [0, 0.05) is 0 Å². The van der Waals surface area contributed by atoms with Crippen LogP contribution in [0.4, 0.5) is 13.6 Å². The molecule has 1 aliphatic heterocycles. The minimum absolute atomic E-state index is 0.110. The summed E-state index contributed by atoms with van der Waals surface area (Å²) in [4.78, 5) is 26.0. The molecule has 2 aromatic carbocycles. The first-order valence-electron chi connectivity index (χ1n) is 9.09. The predicted octanol–water partition coefficient (Wildman–Crippen LogP) is 2.79. The van der Waals surface area contributed by atoms with Crippen molar-refractivity contribution in [2.24, 2.45) is 0 Å². The van der Waals surface area contributed by atoms with Crippen molar-refractivity contribution in [3.63, 3.8) is 0 Å². The molecule has 2 N–H and O–H groups in total. The fraction of sp³-hybridized carbons (Fsp3) is 0.333. The van der Waals surface area contributed by atoms with E-state index in [4.69, 9.17) is 4.74 Å². The number of nitrogens with zero attached hydrogens (tertiary/aromatic N) is 1. The number of rotatable bonds is 6. The molecule has 8 heteroatoms. The third-order valence-corrected chi connectivity index (χ3v) is 4.94. The third-order valence-electron chi connectivity index (χ3n) is 4.94. The topological polar surface area (TPSA) is 78.9 Å². The van der Waals surface area contributed by atoms with Crippen LogP contribution in [0.1, 0.15) is 23.6 Å². The number of β-amino-alcohol motifs (C(OH)–C–C–N with tert-alkyl or cyclic N) is 1. The maximum atomic E-state index is 13.6. The van der Waals surface area contributed by atoms with Crippen molar-refractivity contribution in [2.75, 3.05) is 13.2 Å². The lowest BCUT2D eigenvalue weighted by Crippen LogP contribution is -2.43. The molecule has 1 aliphatic rings. The van der Waals surface area contributed by atoms with E-state index in [9.17, 15) is 23.5 Å². The Labute approximate surface area is 167 Å². The molecule has 1 fully saturated rings. The van der Waals surface area contributed by atoms with Crippen LogP contribution in [0.5, 0.6) is 5.75 Å². The molecule has 2 atom stereocenters. The minimum Gasteiger partial charge on any atom is -0.491 e. The van der Waals surface area contributed by atoms with Crippen LogP contribution in [0, 0.1) is 25.5 Å². The summed E-state index contributed by atoms with van der Waals surface area (Å²) in [6.45, 7) is 4.76. The van der Waals surface area contributed by atoms with Crippen molar-refractivity contribution in [3.8, 4) is 5.75 Å². The number of hydrogen-bond donors (Lipinski definition) is 2. The van der Waals surface area contributed by atoms with Crippen LogP contribution < -0.4 is 10.1 Å². The van der Waals surface area contributed by atoms with Crippen molar-refractivity contribution in [2.45, 2.75) is 32.4 Å². The molecule has 6 nitrogen and oxygen atoms in total. The maximum absolute atomic E-state index is 13.6. The zero-order valence-corrected chi connectivity index (χ0v) is 16.3. The van der Waals surface area contributed by atoms with E-state index in [0.29, 0.717) is 5.75 Å². The molecule has 0 spiro atoms. The van der Waals surface area contributed by atoms with Crippen molar-refractivity contribution < 1.29 is 28.2 Å². The average molecular weight is 404 g/mol. The monoisotopic (exact) mass is 404 g/mol. The molecule has 0 unspecified atom stereocenters. The van der Waals surface area contributed by atoms with E-state index in [1.165, 1.54) is 13.0 Å². The minimum atomic E-state index is -1.56. The molecular weight excluding hydrogens is 382 g/mol. The highest BCUT2D eigenvalue weighted by atomic mass is 19.2. The highest BCUT2D eigenvalue weighted by Gasteiger charge is 2.49. The highest BCUT2D eigenvalue weighted by Crippen LogP contribution is 2.30. The van der Waals surface area contributed by atoms with Crippen LogP contribution in [-0.2, 0) is 10.3 Å². The maximum Gasteiger partial charge on any atom is 0.325 e. The number of imide groups is 1. The van der Waals surface area contributed by atoms with Crippen molar-refractivity contribution in [1.29, 1.82) is 0 Å². The Morgan fingerprint density at radius 1 is 1.14 bits per heavy atom. The molecule has 0 aliphatic carbocycles. The molecule has 0 bridgehead atoms. The third kappa shape index (κ3) is 4.07. The van der Waals surface area contributed by atoms with Gasteiger partial charge in [0.25, 0.3) is 5.91 Å². The second-order valence-corrected chi connectivity index (χ2v) is 7.33. The Morgan fingerprint density at radius 2 is 1.86 bits per heavy atom. The molecule has 1 saturated heterocycles. The van der Waals surface area contributed by atoms with Gasteiger partial charge in [-0.25, -0.2) is 13.6 Å². The molecule has 2 aromatic rings. The number of carbonyl (C=O) groups excluding carboxylic acids is 2. The van der Waals surface area contributed by atoms with Crippen LogP contribution >= 0.6 is 0 Å². The van der Waals surface area contributed by atoms with Gasteiger partial charge in [0.15, 0.2) is 11.6 Å². The van der Waals surface area contributed by atoms with Crippen LogP contribution in [-0.4, -0.2) is 41.2 Å². The standard InChI is InChI=1S/C21H22F2N2O4/c1-12-4-5-13(2)18(8-12)29-11-15(26)10-25-19(27)21(3,24-20(25)28)14-6-7-16(22)17(23)9-14/h4-9,15,26H,10-11H2,1-3H3,(H,24,28)/t15-,21+/m0/s1. The fourth-order valence-electron chi connectivity index (χ4n) is 3.18. The summed E-state index contributed by atoms with van der Waals surface area (Å²) in [6.07, 6.45) is -1.13. The molecule has 0 aromatic heterocycles. The van der Waals surface area contributed by atoms with Gasteiger partial charge in [-0.15, -0.1) is 0 Å². The van der Waals surface area contributed by atoms with Crippen molar-refractivity contribution in [1.82, 2.24) is 10.2 Å². The lowest BCUT2D eigenvalue weighted by Gasteiger charge is -2.23. The number of benzene rings is 2. The molecule has 1 heterocycles. The van der Waals surface area contributed by atoms with Crippen LogP contribution in [0.25, 0.3) is 0 Å². The van der Waals surface area contributed by atoms with Gasteiger partial charge in [0.05, 0.1) is 6.54 Å². The van der Waals surface area contributed by atoms with Gasteiger partial charge in [-0.1, -0.05) is 18.2 Å². The van der Waals surface area contributed by atoms with E-state index in [0.717, 1.165) is 28.2 Å². The van der Waals surface area contributed by atoms with Crippen LogP contribution in [0.2, 0.25) is 0 Å². The van der Waals surface area contributed by atoms with Gasteiger partial charge in [-0.05, 0) is 55.7 Å². The van der Waals surface area contributed by atoms with Gasteiger partial charge in [0.2, 0.25) is 0 Å². The van der Waals surface area contributed by atoms with Gasteiger partial charge >= 0.3 is 6.03 Å². The Hall–Kier alpha value is -3.00. The van der Waals surface area contributed by atoms with Gasteiger partial charge < -0.3 is 15.2 Å². The van der Waals surface area contributed by atoms with Crippen molar-refractivity contribution >= 4 is 11.9 Å². The van der Waals surface area contributed by atoms with E-state index < -0.39 is 35.2 Å². The first kappa shape index (κ1) is 20.7. The highest BCUT2D eigenvalue weighted by molar-refractivity contribution is 6.07. The van der Waals surface area contributed by atoms with Gasteiger partial charge in [0.1, 0.15) is 24.0 Å². The first-order chi connectivity index (χ1) is 13.6. The van der Waals surface area contributed by atoms with Crippen LogP contribution in [0.15, 0.2) is 36.4 Å². The molecule has 0 radical (unpaired) electrons. The summed E-state index contributed by atoms with van der Waals surface area (Å²) in [6, 6.07) is 7.93. The molecule has 3 rings (SSSR count). The van der Waals surface area contributed by atoms with E-state index in [2.05, 4.69) is 5.32 Å². The number of amides is 3. The zero-order valence-electron chi connectivity index (χ0n) is 16.3. The van der Waals surface area contributed by atoms with E-state index in [1.54, 1.807) is 0 Å². The fourth-order valence-corrected chi connectivity index (χ4v) is 3.18. The molecule has 154 valence electrons. The molecule has 3 amide bonds. The van der Waals surface area contributed by atoms with E-state index >= 15 is 0 Å². The zero-order chi connectivity index (χ0) is 21.3. The largest absolute Gasteiger partial charge is 0.491 e. The first-order valence-corrected chi connectivity index (χ1v) is 9.09. The number of aliphatic hydroxyl groups excluding tert-OH is 1. The Kier molecular flexibility index (Phi) is 5.57. The number of carbonyl (C=O) groups is 2. The number of halogens is 2. The summed E-state index contributed by atoms with van der Waals surface area (Å²) in [7, 11) is 0. The summed E-state index contributed by atoms with van der Waals surface area (Å²) >= 11 is 0. The van der Waals surface area contributed by atoms with Crippen molar-refractivity contribution in [3.05, 3.63) is 64.7 Å². The molecule has 29 heavy (non-hydrogen) atoms. The summed E-state index contributed by atoms with van der Waals surface area (Å²) in [5.74, 6) is -2.23. The van der Waals surface area contributed by atoms with E-state index in [1.807, 2.05) is 32.0 Å². The van der Waals surface area contributed by atoms with Crippen LogP contribution in [0.3, 0.4) is 0 Å². The second-order valence-electron chi connectivity index (χ2n) is 7.33. The summed E-state index contributed by atoms with van der Waals surface area (Å²) in [5, 5.41) is 12.8. The number of aliphatic hydroxyl groups is 1. The molecule has 0 saturated carbocycles. The number of ether oxygens (including phenoxy) is 1. The summed E-state index contributed by atoms with van der Waals surface area (Å²) < 4.78 is 32.4.